The van der Waals surface area contributed by atoms with Crippen LogP contribution in [0.4, 0.5) is 9.18 Å². The van der Waals surface area contributed by atoms with Gasteiger partial charge in [0, 0.05) is 18.5 Å². The Morgan fingerprint density at radius 1 is 1.00 bits per heavy atom. The lowest BCUT2D eigenvalue weighted by atomic mass is 9.84. The van der Waals surface area contributed by atoms with Crippen molar-refractivity contribution < 1.29 is 9.18 Å². The summed E-state index contributed by atoms with van der Waals surface area (Å²) < 4.78 is 13.9. The second-order valence-electron chi connectivity index (χ2n) is 6.21. The summed E-state index contributed by atoms with van der Waals surface area (Å²) in [6, 6.07) is 16.4. The molecule has 0 aromatic heterocycles. The second kappa shape index (κ2) is 7.77. The van der Waals surface area contributed by atoms with Crippen molar-refractivity contribution in [1.82, 2.24) is 10.6 Å². The molecule has 0 saturated carbocycles. The molecule has 0 fully saturated rings. The van der Waals surface area contributed by atoms with Crippen LogP contribution in [0.1, 0.15) is 25.0 Å². The number of urea groups is 1. The number of amides is 2. The molecule has 0 aliphatic carbocycles. The Kier molecular flexibility index (Phi) is 5.74. The summed E-state index contributed by atoms with van der Waals surface area (Å²) in [5.74, 6) is -0.246. The molecule has 0 spiro atoms. The molecular formula is C19H23FN2O. The van der Waals surface area contributed by atoms with Gasteiger partial charge in [-0.1, -0.05) is 62.4 Å². The van der Waals surface area contributed by atoms with E-state index in [1.807, 2.05) is 44.2 Å². The quantitative estimate of drug-likeness (QED) is 0.839. The molecule has 23 heavy (non-hydrogen) atoms. The molecule has 2 N–H and O–H groups in total. The van der Waals surface area contributed by atoms with Crippen molar-refractivity contribution in [2.75, 3.05) is 13.1 Å². The minimum atomic E-state index is -0.470. The van der Waals surface area contributed by atoms with Gasteiger partial charge < -0.3 is 10.6 Å². The van der Waals surface area contributed by atoms with Crippen molar-refractivity contribution in [3.05, 3.63) is 71.5 Å². The van der Waals surface area contributed by atoms with E-state index in [4.69, 9.17) is 0 Å². The van der Waals surface area contributed by atoms with E-state index in [0.717, 1.165) is 6.42 Å². The highest BCUT2D eigenvalue weighted by Crippen LogP contribution is 2.24. The SMILES string of the molecule is CC(C)(CNC(=O)NCCc1ccccc1)c1ccccc1F. The fourth-order valence-corrected chi connectivity index (χ4v) is 2.43. The molecule has 4 heteroatoms. The van der Waals surface area contributed by atoms with E-state index < -0.39 is 5.41 Å². The van der Waals surface area contributed by atoms with Gasteiger partial charge in [-0.2, -0.15) is 0 Å². The number of benzene rings is 2. The number of carbonyl (C=O) groups is 1. The fraction of sp³-hybridized carbons (Fsp3) is 0.316. The van der Waals surface area contributed by atoms with Crippen molar-refractivity contribution in [2.24, 2.45) is 0 Å². The Balaban J connectivity index is 1.78. The van der Waals surface area contributed by atoms with Gasteiger partial charge >= 0.3 is 6.03 Å². The Labute approximate surface area is 136 Å². The molecule has 3 nitrogen and oxygen atoms in total. The van der Waals surface area contributed by atoms with Crippen molar-refractivity contribution in [1.29, 1.82) is 0 Å². The first-order valence-corrected chi connectivity index (χ1v) is 7.80. The van der Waals surface area contributed by atoms with E-state index in [2.05, 4.69) is 10.6 Å². The summed E-state index contributed by atoms with van der Waals surface area (Å²) in [6.45, 7) is 4.76. The zero-order valence-corrected chi connectivity index (χ0v) is 13.6. The molecule has 0 unspecified atom stereocenters. The third-order valence-corrected chi connectivity index (χ3v) is 3.84. The Morgan fingerprint density at radius 2 is 1.65 bits per heavy atom. The van der Waals surface area contributed by atoms with Crippen LogP contribution in [-0.4, -0.2) is 19.1 Å². The maximum Gasteiger partial charge on any atom is 0.314 e. The second-order valence-corrected chi connectivity index (χ2v) is 6.21. The number of hydrogen-bond acceptors (Lipinski definition) is 1. The number of rotatable bonds is 6. The smallest absolute Gasteiger partial charge is 0.314 e. The van der Waals surface area contributed by atoms with Gasteiger partial charge in [-0.05, 0) is 23.6 Å². The molecule has 0 aliphatic rings. The molecule has 2 rings (SSSR count). The molecule has 0 heterocycles. The highest BCUT2D eigenvalue weighted by molar-refractivity contribution is 5.73. The van der Waals surface area contributed by atoms with Gasteiger partial charge in [0.2, 0.25) is 0 Å². The summed E-state index contributed by atoms with van der Waals surface area (Å²) in [5.41, 5.74) is 1.31. The molecule has 0 atom stereocenters. The molecule has 0 bridgehead atoms. The molecule has 2 aromatic rings. The average Bonchev–Trinajstić information content (AvgIpc) is 2.54. The van der Waals surface area contributed by atoms with E-state index in [1.54, 1.807) is 18.2 Å². The standard InChI is InChI=1S/C19H23FN2O/c1-19(2,16-10-6-7-11-17(16)20)14-22-18(23)21-13-12-15-8-4-3-5-9-15/h3-11H,12-14H2,1-2H3,(H2,21,22,23). The number of halogens is 1. The van der Waals surface area contributed by atoms with E-state index in [9.17, 15) is 9.18 Å². The summed E-state index contributed by atoms with van der Waals surface area (Å²) in [7, 11) is 0. The van der Waals surface area contributed by atoms with Gasteiger partial charge in [-0.25, -0.2) is 9.18 Å². The summed E-state index contributed by atoms with van der Waals surface area (Å²) in [5, 5.41) is 5.64. The fourth-order valence-electron chi connectivity index (χ4n) is 2.43. The molecular weight excluding hydrogens is 291 g/mol. The highest BCUT2D eigenvalue weighted by Gasteiger charge is 2.24. The first kappa shape index (κ1) is 17.0. The molecule has 2 amide bonds. The van der Waals surface area contributed by atoms with Gasteiger partial charge in [0.1, 0.15) is 5.82 Å². The van der Waals surface area contributed by atoms with Crippen molar-refractivity contribution in [3.63, 3.8) is 0 Å². The van der Waals surface area contributed by atoms with Crippen molar-refractivity contribution >= 4 is 6.03 Å². The molecule has 0 saturated heterocycles. The van der Waals surface area contributed by atoms with E-state index in [0.29, 0.717) is 18.7 Å². The zero-order valence-electron chi connectivity index (χ0n) is 13.6. The molecule has 2 aromatic carbocycles. The summed E-state index contributed by atoms with van der Waals surface area (Å²) in [6.07, 6.45) is 0.783. The van der Waals surface area contributed by atoms with Crippen LogP contribution >= 0.6 is 0 Å². The summed E-state index contributed by atoms with van der Waals surface area (Å²) in [4.78, 5) is 11.9. The van der Waals surface area contributed by atoms with Crippen LogP contribution in [0.5, 0.6) is 0 Å². The third kappa shape index (κ3) is 5.09. The topological polar surface area (TPSA) is 41.1 Å². The first-order chi connectivity index (χ1) is 11.0. The number of hydrogen-bond donors (Lipinski definition) is 2. The Bertz CT molecular complexity index is 641. The zero-order chi connectivity index (χ0) is 16.7. The van der Waals surface area contributed by atoms with Crippen LogP contribution in [-0.2, 0) is 11.8 Å². The number of carbonyl (C=O) groups excluding carboxylic acids is 1. The maximum atomic E-state index is 13.9. The monoisotopic (exact) mass is 314 g/mol. The van der Waals surface area contributed by atoms with Crippen LogP contribution in [0, 0.1) is 5.82 Å². The molecule has 0 radical (unpaired) electrons. The van der Waals surface area contributed by atoms with Crippen molar-refractivity contribution in [2.45, 2.75) is 25.7 Å². The Hall–Kier alpha value is -2.36. The van der Waals surface area contributed by atoms with Gasteiger partial charge in [0.15, 0.2) is 0 Å². The maximum absolute atomic E-state index is 13.9. The predicted molar refractivity (Wildman–Crippen MR) is 91.0 cm³/mol. The lowest BCUT2D eigenvalue weighted by molar-refractivity contribution is 0.238. The third-order valence-electron chi connectivity index (χ3n) is 3.84. The Morgan fingerprint density at radius 3 is 2.35 bits per heavy atom. The summed E-state index contributed by atoms with van der Waals surface area (Å²) >= 11 is 0. The number of nitrogens with one attached hydrogen (secondary N) is 2. The molecule has 122 valence electrons. The van der Waals surface area contributed by atoms with E-state index in [-0.39, 0.29) is 11.8 Å². The minimum Gasteiger partial charge on any atom is -0.338 e. The predicted octanol–water partition coefficient (Wildman–Crippen LogP) is 3.65. The average molecular weight is 314 g/mol. The van der Waals surface area contributed by atoms with Crippen LogP contribution < -0.4 is 10.6 Å². The van der Waals surface area contributed by atoms with E-state index >= 15 is 0 Å². The van der Waals surface area contributed by atoms with Gasteiger partial charge in [0.25, 0.3) is 0 Å². The van der Waals surface area contributed by atoms with Crippen LogP contribution in [0.2, 0.25) is 0 Å². The van der Waals surface area contributed by atoms with Crippen LogP contribution in [0.25, 0.3) is 0 Å². The largest absolute Gasteiger partial charge is 0.338 e. The van der Waals surface area contributed by atoms with Crippen LogP contribution in [0.3, 0.4) is 0 Å². The van der Waals surface area contributed by atoms with Gasteiger partial charge in [-0.3, -0.25) is 0 Å². The van der Waals surface area contributed by atoms with E-state index in [1.165, 1.54) is 11.6 Å². The lowest BCUT2D eigenvalue weighted by Crippen LogP contribution is -2.43. The van der Waals surface area contributed by atoms with Crippen molar-refractivity contribution in [3.8, 4) is 0 Å². The van der Waals surface area contributed by atoms with Gasteiger partial charge in [0.05, 0.1) is 0 Å². The first-order valence-electron chi connectivity index (χ1n) is 7.80. The highest BCUT2D eigenvalue weighted by atomic mass is 19.1. The van der Waals surface area contributed by atoms with Crippen LogP contribution in [0.15, 0.2) is 54.6 Å². The lowest BCUT2D eigenvalue weighted by Gasteiger charge is -2.26. The molecule has 0 aliphatic heterocycles. The van der Waals surface area contributed by atoms with Gasteiger partial charge in [-0.15, -0.1) is 0 Å². The minimum absolute atomic E-state index is 0.231. The normalized spacial score (nSPS) is 11.1.